The molecule has 2 saturated heterocycles. The number of hydrogen-bond donors (Lipinski definition) is 2. The molecule has 0 saturated carbocycles. The lowest BCUT2D eigenvalue weighted by Crippen LogP contribution is -2.51. The molecule has 2 aliphatic rings. The molecule has 1 atom stereocenters. The van der Waals surface area contributed by atoms with Crippen molar-refractivity contribution in [3.05, 3.63) is 18.0 Å². The van der Waals surface area contributed by atoms with Crippen molar-refractivity contribution < 1.29 is 9.59 Å². The SMILES string of the molecule is Cn1cc(C(=O)NCC2CCN(C(=O)C3CCCCN3)CC2)cn1. The highest BCUT2D eigenvalue weighted by molar-refractivity contribution is 5.93. The minimum Gasteiger partial charge on any atom is -0.352 e. The van der Waals surface area contributed by atoms with Gasteiger partial charge in [-0.05, 0) is 38.1 Å². The van der Waals surface area contributed by atoms with Crippen molar-refractivity contribution in [2.45, 2.75) is 38.1 Å². The van der Waals surface area contributed by atoms with E-state index in [1.54, 1.807) is 24.1 Å². The third kappa shape index (κ3) is 4.14. The van der Waals surface area contributed by atoms with Crippen molar-refractivity contribution in [3.63, 3.8) is 0 Å². The van der Waals surface area contributed by atoms with E-state index >= 15 is 0 Å². The Balaban J connectivity index is 1.40. The summed E-state index contributed by atoms with van der Waals surface area (Å²) in [7, 11) is 1.80. The van der Waals surface area contributed by atoms with E-state index in [4.69, 9.17) is 0 Å². The summed E-state index contributed by atoms with van der Waals surface area (Å²) in [6.45, 7) is 3.21. The van der Waals surface area contributed by atoms with E-state index in [0.717, 1.165) is 45.3 Å². The quantitative estimate of drug-likeness (QED) is 0.842. The summed E-state index contributed by atoms with van der Waals surface area (Å²) < 4.78 is 1.62. The van der Waals surface area contributed by atoms with E-state index in [9.17, 15) is 9.59 Å². The summed E-state index contributed by atoms with van der Waals surface area (Å²) >= 11 is 0. The van der Waals surface area contributed by atoms with E-state index < -0.39 is 0 Å². The molecule has 2 aliphatic heterocycles. The van der Waals surface area contributed by atoms with Gasteiger partial charge in [-0.25, -0.2) is 0 Å². The first-order valence-corrected chi connectivity index (χ1v) is 8.92. The zero-order chi connectivity index (χ0) is 16.9. The Morgan fingerprint density at radius 2 is 2.08 bits per heavy atom. The summed E-state index contributed by atoms with van der Waals surface area (Å²) in [6.07, 6.45) is 8.46. The maximum Gasteiger partial charge on any atom is 0.254 e. The predicted molar refractivity (Wildman–Crippen MR) is 90.5 cm³/mol. The van der Waals surface area contributed by atoms with E-state index in [1.165, 1.54) is 6.42 Å². The van der Waals surface area contributed by atoms with Crippen LogP contribution < -0.4 is 10.6 Å². The van der Waals surface area contributed by atoms with Crippen molar-refractivity contribution in [1.29, 1.82) is 0 Å². The average Bonchev–Trinajstić information content (AvgIpc) is 3.07. The van der Waals surface area contributed by atoms with Crippen LogP contribution in [0.4, 0.5) is 0 Å². The molecule has 3 rings (SSSR count). The van der Waals surface area contributed by atoms with Crippen molar-refractivity contribution in [2.24, 2.45) is 13.0 Å². The molecule has 0 spiro atoms. The van der Waals surface area contributed by atoms with Gasteiger partial charge in [0.1, 0.15) is 0 Å². The van der Waals surface area contributed by atoms with Crippen LogP contribution in [0.15, 0.2) is 12.4 Å². The number of carbonyl (C=O) groups is 2. The van der Waals surface area contributed by atoms with Gasteiger partial charge in [0.05, 0.1) is 17.8 Å². The molecule has 0 radical (unpaired) electrons. The molecule has 7 nitrogen and oxygen atoms in total. The lowest BCUT2D eigenvalue weighted by molar-refractivity contribution is -0.135. The molecule has 1 aromatic heterocycles. The normalized spacial score (nSPS) is 22.4. The Morgan fingerprint density at radius 3 is 2.71 bits per heavy atom. The monoisotopic (exact) mass is 333 g/mol. The highest BCUT2D eigenvalue weighted by atomic mass is 16.2. The molecule has 1 unspecified atom stereocenters. The van der Waals surface area contributed by atoms with Gasteiger partial charge in [0.15, 0.2) is 0 Å². The zero-order valence-corrected chi connectivity index (χ0v) is 14.3. The minimum atomic E-state index is -0.0759. The van der Waals surface area contributed by atoms with E-state index in [0.29, 0.717) is 18.0 Å². The number of rotatable bonds is 4. The van der Waals surface area contributed by atoms with Gasteiger partial charge in [-0.3, -0.25) is 14.3 Å². The Bertz CT molecular complexity index is 571. The maximum atomic E-state index is 12.5. The lowest BCUT2D eigenvalue weighted by Gasteiger charge is -2.35. The Labute approximate surface area is 142 Å². The number of aromatic nitrogens is 2. The summed E-state index contributed by atoms with van der Waals surface area (Å²) in [5, 5.41) is 10.3. The fourth-order valence-electron chi connectivity index (χ4n) is 3.52. The van der Waals surface area contributed by atoms with Gasteiger partial charge in [-0.1, -0.05) is 6.42 Å². The number of nitrogens with one attached hydrogen (secondary N) is 2. The summed E-state index contributed by atoms with van der Waals surface area (Å²) in [5.74, 6) is 0.620. The van der Waals surface area contributed by atoms with Crippen LogP contribution in [0.25, 0.3) is 0 Å². The number of piperidine rings is 2. The van der Waals surface area contributed by atoms with Crippen LogP contribution >= 0.6 is 0 Å². The van der Waals surface area contributed by atoms with Crippen LogP contribution in [-0.4, -0.2) is 58.7 Å². The number of nitrogens with zero attached hydrogens (tertiary/aromatic N) is 3. The molecule has 2 fully saturated rings. The third-order valence-corrected chi connectivity index (χ3v) is 5.05. The number of carbonyl (C=O) groups excluding carboxylic acids is 2. The van der Waals surface area contributed by atoms with Gasteiger partial charge in [0.2, 0.25) is 5.91 Å². The summed E-state index contributed by atoms with van der Waals surface area (Å²) in [4.78, 5) is 26.5. The first-order chi connectivity index (χ1) is 11.6. The molecule has 24 heavy (non-hydrogen) atoms. The van der Waals surface area contributed by atoms with Crippen molar-refractivity contribution in [2.75, 3.05) is 26.2 Å². The Kier molecular flexibility index (Phi) is 5.50. The Morgan fingerprint density at radius 1 is 1.29 bits per heavy atom. The molecule has 132 valence electrons. The highest BCUT2D eigenvalue weighted by Crippen LogP contribution is 2.19. The van der Waals surface area contributed by atoms with Crippen molar-refractivity contribution in [1.82, 2.24) is 25.3 Å². The first kappa shape index (κ1) is 17.0. The second-order valence-electron chi connectivity index (χ2n) is 6.88. The van der Waals surface area contributed by atoms with Gasteiger partial charge < -0.3 is 15.5 Å². The average molecular weight is 333 g/mol. The van der Waals surface area contributed by atoms with Crippen LogP contribution in [0.3, 0.4) is 0 Å². The van der Waals surface area contributed by atoms with Crippen LogP contribution in [0, 0.1) is 5.92 Å². The largest absolute Gasteiger partial charge is 0.352 e. The molecule has 2 amide bonds. The van der Waals surface area contributed by atoms with Crippen LogP contribution in [0.2, 0.25) is 0 Å². The Hall–Kier alpha value is -1.89. The standard InChI is InChI=1S/C17H27N5O2/c1-21-12-14(11-20-21)16(23)19-10-13-5-8-22(9-6-13)17(24)15-4-2-3-7-18-15/h11-13,15,18H,2-10H2,1H3,(H,19,23). The van der Waals surface area contributed by atoms with Crippen LogP contribution in [0.1, 0.15) is 42.5 Å². The molecule has 3 heterocycles. The fourth-order valence-corrected chi connectivity index (χ4v) is 3.52. The molecule has 1 aromatic rings. The fraction of sp³-hybridized carbons (Fsp3) is 0.706. The minimum absolute atomic E-state index is 0.0144. The van der Waals surface area contributed by atoms with Crippen LogP contribution in [-0.2, 0) is 11.8 Å². The third-order valence-electron chi connectivity index (χ3n) is 5.05. The number of aryl methyl sites for hydroxylation is 1. The molecule has 2 N–H and O–H groups in total. The second-order valence-corrected chi connectivity index (χ2v) is 6.88. The summed E-state index contributed by atoms with van der Waals surface area (Å²) in [6, 6.07) is 0.0144. The molecule has 7 heteroatoms. The molecule has 0 aromatic carbocycles. The van der Waals surface area contributed by atoms with Gasteiger partial charge in [0, 0.05) is 32.9 Å². The van der Waals surface area contributed by atoms with E-state index in [-0.39, 0.29) is 17.9 Å². The highest BCUT2D eigenvalue weighted by Gasteiger charge is 2.29. The zero-order valence-electron chi connectivity index (χ0n) is 14.3. The van der Waals surface area contributed by atoms with Crippen molar-refractivity contribution in [3.8, 4) is 0 Å². The van der Waals surface area contributed by atoms with Crippen molar-refractivity contribution >= 4 is 11.8 Å². The van der Waals surface area contributed by atoms with Gasteiger partial charge >= 0.3 is 0 Å². The van der Waals surface area contributed by atoms with Gasteiger partial charge in [-0.2, -0.15) is 5.10 Å². The van der Waals surface area contributed by atoms with E-state index in [1.807, 2.05) is 4.90 Å². The summed E-state index contributed by atoms with van der Waals surface area (Å²) in [5.41, 5.74) is 0.591. The van der Waals surface area contributed by atoms with Gasteiger partial charge in [0.25, 0.3) is 5.91 Å². The smallest absolute Gasteiger partial charge is 0.254 e. The maximum absolute atomic E-state index is 12.5. The number of likely N-dealkylation sites (tertiary alicyclic amines) is 1. The second kappa shape index (κ2) is 7.79. The van der Waals surface area contributed by atoms with Crippen LogP contribution in [0.5, 0.6) is 0 Å². The first-order valence-electron chi connectivity index (χ1n) is 8.92. The molecular formula is C17H27N5O2. The van der Waals surface area contributed by atoms with E-state index in [2.05, 4.69) is 15.7 Å². The molecule has 0 aliphatic carbocycles. The topological polar surface area (TPSA) is 79.3 Å². The molecule has 0 bridgehead atoms. The number of hydrogen-bond acceptors (Lipinski definition) is 4. The predicted octanol–water partition coefficient (Wildman–Crippen LogP) is 0.531. The lowest BCUT2D eigenvalue weighted by atomic mass is 9.95. The molecular weight excluding hydrogens is 306 g/mol. The number of amides is 2. The van der Waals surface area contributed by atoms with Gasteiger partial charge in [-0.15, -0.1) is 0 Å².